The van der Waals surface area contributed by atoms with Crippen molar-refractivity contribution in [2.24, 2.45) is 0 Å². The summed E-state index contributed by atoms with van der Waals surface area (Å²) in [6, 6.07) is 13.1. The number of imidazole rings is 1. The van der Waals surface area contributed by atoms with Crippen LogP contribution < -0.4 is 4.90 Å². The highest BCUT2D eigenvalue weighted by Gasteiger charge is 2.23. The average molecular weight is 294 g/mol. The predicted octanol–water partition coefficient (Wildman–Crippen LogP) is 3.17. The topological polar surface area (TPSA) is 44.8 Å². The van der Waals surface area contributed by atoms with E-state index >= 15 is 0 Å². The Morgan fingerprint density at radius 2 is 1.95 bits per heavy atom. The number of hydrogen-bond acceptors (Lipinski definition) is 3. The van der Waals surface area contributed by atoms with Crippen LogP contribution in [0.15, 0.2) is 48.7 Å². The summed E-state index contributed by atoms with van der Waals surface area (Å²) in [5.41, 5.74) is 3.16. The van der Waals surface area contributed by atoms with E-state index in [1.165, 1.54) is 6.07 Å². The van der Waals surface area contributed by atoms with E-state index in [1.54, 1.807) is 12.3 Å². The summed E-state index contributed by atoms with van der Waals surface area (Å²) in [4.78, 5) is 14.1. The first-order valence-electron chi connectivity index (χ1n) is 7.30. The Labute approximate surface area is 127 Å². The van der Waals surface area contributed by atoms with E-state index in [0.29, 0.717) is 12.4 Å². The molecule has 0 fully saturated rings. The highest BCUT2D eigenvalue weighted by molar-refractivity contribution is 5.56. The van der Waals surface area contributed by atoms with Gasteiger partial charge in [-0.15, -0.1) is 0 Å². The minimum atomic E-state index is -0.284. The molecule has 0 aliphatic carbocycles. The summed E-state index contributed by atoms with van der Waals surface area (Å²) in [6.07, 6.45) is 2.41. The summed E-state index contributed by atoms with van der Waals surface area (Å²) in [6.45, 7) is 1.32. The minimum Gasteiger partial charge on any atom is -0.348 e. The van der Waals surface area contributed by atoms with Crippen molar-refractivity contribution in [2.45, 2.75) is 13.0 Å². The first-order valence-corrected chi connectivity index (χ1v) is 7.30. The maximum atomic E-state index is 13.9. The van der Waals surface area contributed by atoms with E-state index in [1.807, 2.05) is 35.2 Å². The molecule has 0 atom stereocenters. The molecular formula is C17H15FN4. The number of H-pyrrole nitrogens is 1. The van der Waals surface area contributed by atoms with Gasteiger partial charge in [0.15, 0.2) is 11.6 Å². The third-order valence-corrected chi connectivity index (χ3v) is 3.92. The van der Waals surface area contributed by atoms with Crippen LogP contribution in [-0.4, -0.2) is 21.5 Å². The first-order chi connectivity index (χ1) is 10.8. The van der Waals surface area contributed by atoms with Crippen LogP contribution in [0, 0.1) is 5.82 Å². The number of rotatable bonds is 2. The van der Waals surface area contributed by atoms with Gasteiger partial charge in [0.1, 0.15) is 5.82 Å². The van der Waals surface area contributed by atoms with E-state index in [9.17, 15) is 4.39 Å². The van der Waals surface area contributed by atoms with E-state index < -0.39 is 0 Å². The van der Waals surface area contributed by atoms with Crippen LogP contribution in [0.25, 0.3) is 11.4 Å². The second-order valence-electron chi connectivity index (χ2n) is 5.36. The molecule has 1 aliphatic heterocycles. The molecule has 1 aromatic carbocycles. The molecule has 0 amide bonds. The summed E-state index contributed by atoms with van der Waals surface area (Å²) < 4.78 is 13.9. The molecule has 4 rings (SSSR count). The van der Waals surface area contributed by atoms with Gasteiger partial charge in [0.2, 0.25) is 0 Å². The highest BCUT2D eigenvalue weighted by atomic mass is 19.1. The number of hydrogen-bond donors (Lipinski definition) is 1. The van der Waals surface area contributed by atoms with Gasteiger partial charge >= 0.3 is 0 Å². The summed E-state index contributed by atoms with van der Waals surface area (Å²) in [7, 11) is 0. The van der Waals surface area contributed by atoms with E-state index in [0.717, 1.165) is 35.7 Å². The van der Waals surface area contributed by atoms with Crippen molar-refractivity contribution in [3.8, 4) is 11.4 Å². The Bertz CT molecular complexity index is 797. The van der Waals surface area contributed by atoms with Crippen molar-refractivity contribution < 1.29 is 4.39 Å². The van der Waals surface area contributed by atoms with Gasteiger partial charge < -0.3 is 9.88 Å². The Morgan fingerprint density at radius 3 is 2.77 bits per heavy atom. The molecule has 2 aromatic heterocycles. The molecule has 0 unspecified atom stereocenters. The van der Waals surface area contributed by atoms with E-state index in [2.05, 4.69) is 15.0 Å². The molecule has 0 saturated heterocycles. The van der Waals surface area contributed by atoms with Crippen LogP contribution in [0.4, 0.5) is 10.2 Å². The van der Waals surface area contributed by atoms with Crippen molar-refractivity contribution in [3.63, 3.8) is 0 Å². The number of nitrogens with one attached hydrogen (secondary N) is 1. The fourth-order valence-corrected chi connectivity index (χ4v) is 2.82. The van der Waals surface area contributed by atoms with Gasteiger partial charge in [0.05, 0.1) is 17.9 Å². The lowest BCUT2D eigenvalue weighted by atomic mass is 10.1. The summed E-state index contributed by atoms with van der Waals surface area (Å²) in [5.74, 6) is 0.992. The van der Waals surface area contributed by atoms with Gasteiger partial charge in [-0.1, -0.05) is 30.3 Å². The third kappa shape index (κ3) is 2.24. The van der Waals surface area contributed by atoms with Gasteiger partial charge in [0, 0.05) is 24.7 Å². The van der Waals surface area contributed by atoms with E-state index in [-0.39, 0.29) is 5.82 Å². The minimum absolute atomic E-state index is 0.284. The number of aromatic amines is 1. The maximum absolute atomic E-state index is 13.9. The molecule has 0 saturated carbocycles. The number of benzene rings is 1. The molecule has 110 valence electrons. The van der Waals surface area contributed by atoms with Crippen molar-refractivity contribution in [1.29, 1.82) is 0 Å². The third-order valence-electron chi connectivity index (χ3n) is 3.92. The van der Waals surface area contributed by atoms with Crippen molar-refractivity contribution in [3.05, 3.63) is 65.9 Å². The van der Waals surface area contributed by atoms with Crippen LogP contribution in [0.3, 0.4) is 0 Å². The Hall–Kier alpha value is -2.69. The number of fused-ring (bicyclic) bond motifs is 1. The second-order valence-corrected chi connectivity index (χ2v) is 5.36. The molecule has 3 aromatic rings. The lowest BCUT2D eigenvalue weighted by Gasteiger charge is -2.27. The van der Waals surface area contributed by atoms with Gasteiger partial charge in [0.25, 0.3) is 0 Å². The lowest BCUT2D eigenvalue weighted by Crippen LogP contribution is -2.31. The molecule has 5 heteroatoms. The van der Waals surface area contributed by atoms with Crippen molar-refractivity contribution >= 4 is 5.82 Å². The highest BCUT2D eigenvalue weighted by Crippen LogP contribution is 2.26. The zero-order chi connectivity index (χ0) is 14.9. The molecule has 3 heterocycles. The SMILES string of the molecule is Fc1cccnc1N1CCc2nc(-c3ccccc3)[nH]c2C1. The van der Waals surface area contributed by atoms with Gasteiger partial charge in [-0.05, 0) is 12.1 Å². The zero-order valence-corrected chi connectivity index (χ0v) is 12.0. The zero-order valence-electron chi connectivity index (χ0n) is 12.0. The molecule has 22 heavy (non-hydrogen) atoms. The molecular weight excluding hydrogens is 279 g/mol. The number of aromatic nitrogens is 3. The van der Waals surface area contributed by atoms with Crippen LogP contribution in [0.2, 0.25) is 0 Å². The number of nitrogens with zero attached hydrogens (tertiary/aromatic N) is 3. The monoisotopic (exact) mass is 294 g/mol. The van der Waals surface area contributed by atoms with Crippen LogP contribution in [0.5, 0.6) is 0 Å². The second kappa shape index (κ2) is 5.26. The standard InChI is InChI=1S/C17H15FN4/c18-13-7-4-9-19-17(13)22-10-8-14-15(11-22)21-16(20-14)12-5-2-1-3-6-12/h1-7,9H,8,10-11H2,(H,20,21). The lowest BCUT2D eigenvalue weighted by molar-refractivity contribution is 0.598. The quantitative estimate of drug-likeness (QED) is 0.789. The first kappa shape index (κ1) is 13.0. The Balaban J connectivity index is 1.64. The average Bonchev–Trinajstić information content (AvgIpc) is 2.99. The molecule has 1 aliphatic rings. The van der Waals surface area contributed by atoms with Crippen LogP contribution in [0.1, 0.15) is 11.4 Å². The van der Waals surface area contributed by atoms with Gasteiger partial charge in [-0.3, -0.25) is 0 Å². The largest absolute Gasteiger partial charge is 0.348 e. The molecule has 1 N–H and O–H groups in total. The van der Waals surface area contributed by atoms with Crippen molar-refractivity contribution in [2.75, 3.05) is 11.4 Å². The summed E-state index contributed by atoms with van der Waals surface area (Å²) in [5, 5.41) is 0. The van der Waals surface area contributed by atoms with Crippen LogP contribution in [-0.2, 0) is 13.0 Å². The van der Waals surface area contributed by atoms with Gasteiger partial charge in [-0.2, -0.15) is 0 Å². The van der Waals surface area contributed by atoms with Gasteiger partial charge in [-0.25, -0.2) is 14.4 Å². The van der Waals surface area contributed by atoms with Crippen LogP contribution >= 0.6 is 0 Å². The predicted molar refractivity (Wildman–Crippen MR) is 83.0 cm³/mol. The fraction of sp³-hybridized carbons (Fsp3) is 0.176. The van der Waals surface area contributed by atoms with Crippen molar-refractivity contribution in [1.82, 2.24) is 15.0 Å². The normalized spacial score (nSPS) is 14.0. The molecule has 0 spiro atoms. The molecule has 4 nitrogen and oxygen atoms in total. The van der Waals surface area contributed by atoms with E-state index in [4.69, 9.17) is 0 Å². The number of anilines is 1. The molecule has 0 bridgehead atoms. The maximum Gasteiger partial charge on any atom is 0.165 e. The number of pyridine rings is 1. The number of halogens is 1. The molecule has 0 radical (unpaired) electrons. The summed E-state index contributed by atoms with van der Waals surface area (Å²) >= 11 is 0. The Morgan fingerprint density at radius 1 is 1.09 bits per heavy atom. The Kier molecular flexibility index (Phi) is 3.11. The smallest absolute Gasteiger partial charge is 0.165 e. The fourth-order valence-electron chi connectivity index (χ4n) is 2.82.